The molecule has 0 saturated heterocycles. The molecule has 1 N–H and O–H groups in total. The molecule has 41 heavy (non-hydrogen) atoms. The van der Waals surface area contributed by atoms with Crippen LogP contribution in [0, 0.1) is 6.92 Å². The summed E-state index contributed by atoms with van der Waals surface area (Å²) in [4.78, 5) is 13.7. The van der Waals surface area contributed by atoms with Crippen LogP contribution < -0.4 is 14.4 Å². The Balaban J connectivity index is 1.49. The largest absolute Gasteiger partial charge is 0.497 e. The number of aryl methyl sites for hydroxylation is 1. The molecule has 5 aromatic rings. The second kappa shape index (κ2) is 12.1. The Morgan fingerprint density at radius 1 is 0.927 bits per heavy atom. The summed E-state index contributed by atoms with van der Waals surface area (Å²) in [6, 6.07) is 27.4. The number of nitrogens with zero attached hydrogens (tertiary/aromatic N) is 3. The Hall–Kier alpha value is -4.25. The molecule has 0 fully saturated rings. The number of rotatable bonds is 9. The Kier molecular flexibility index (Phi) is 8.34. The maximum Gasteiger partial charge on any atom is 0.264 e. The Morgan fingerprint density at radius 2 is 1.61 bits per heavy atom. The van der Waals surface area contributed by atoms with Gasteiger partial charge in [-0.05, 0) is 73.2 Å². The van der Waals surface area contributed by atoms with Crippen molar-refractivity contribution in [3.05, 3.63) is 119 Å². The zero-order valence-corrected chi connectivity index (χ0v) is 24.5. The Labute approximate surface area is 247 Å². The zero-order valence-electron chi connectivity index (χ0n) is 22.1. The fourth-order valence-corrected chi connectivity index (χ4v) is 6.41. The number of nitrogens with one attached hydrogen (secondary N) is 1. The molecule has 0 unspecified atom stereocenters. The number of anilines is 2. The van der Waals surface area contributed by atoms with Crippen LogP contribution in [0.5, 0.6) is 5.75 Å². The fraction of sp³-hybridized carbons (Fsp3) is 0.100. The number of carbonyl (C=O) groups excluding carboxylic acids is 1. The van der Waals surface area contributed by atoms with Gasteiger partial charge in [-0.25, -0.2) is 8.42 Å². The minimum atomic E-state index is -4.06. The number of carbonyl (C=O) groups is 1. The van der Waals surface area contributed by atoms with Crippen molar-refractivity contribution in [2.75, 3.05) is 16.7 Å². The third kappa shape index (κ3) is 6.40. The zero-order chi connectivity index (χ0) is 29.0. The van der Waals surface area contributed by atoms with Crippen molar-refractivity contribution in [2.24, 2.45) is 0 Å². The van der Waals surface area contributed by atoms with Crippen LogP contribution in [0.4, 0.5) is 10.8 Å². The first-order valence-corrected chi connectivity index (χ1v) is 15.1. The molecule has 0 aliphatic heterocycles. The van der Waals surface area contributed by atoms with E-state index in [0.29, 0.717) is 21.3 Å². The van der Waals surface area contributed by atoms with Gasteiger partial charge in [0.1, 0.15) is 10.8 Å². The van der Waals surface area contributed by atoms with E-state index in [-0.39, 0.29) is 27.8 Å². The molecule has 1 heterocycles. The van der Waals surface area contributed by atoms with Crippen LogP contribution in [-0.2, 0) is 16.6 Å². The van der Waals surface area contributed by atoms with Crippen LogP contribution in [-0.4, -0.2) is 31.6 Å². The van der Waals surface area contributed by atoms with Crippen LogP contribution in [0.25, 0.3) is 10.6 Å². The van der Waals surface area contributed by atoms with E-state index in [4.69, 9.17) is 16.3 Å². The summed E-state index contributed by atoms with van der Waals surface area (Å²) in [7, 11) is -2.47. The first-order chi connectivity index (χ1) is 19.7. The van der Waals surface area contributed by atoms with E-state index in [1.807, 2.05) is 31.2 Å². The van der Waals surface area contributed by atoms with Gasteiger partial charge in [0.25, 0.3) is 15.9 Å². The number of hydrogen-bond donors (Lipinski definition) is 1. The summed E-state index contributed by atoms with van der Waals surface area (Å²) in [6.45, 7) is 1.87. The van der Waals surface area contributed by atoms with Crippen molar-refractivity contribution >= 4 is 49.7 Å². The van der Waals surface area contributed by atoms with E-state index in [9.17, 15) is 13.2 Å². The minimum absolute atomic E-state index is 0.0158. The SMILES string of the molecule is COc1ccc(-c2nnc(NC(=O)c3ccccc3N(Cc3ccc(Cl)cc3)S(=O)(=O)c3ccc(C)cc3)s2)cc1. The third-order valence-electron chi connectivity index (χ3n) is 6.25. The second-order valence-electron chi connectivity index (χ2n) is 9.06. The molecule has 1 amide bonds. The average molecular weight is 605 g/mol. The quantitative estimate of drug-likeness (QED) is 0.198. The van der Waals surface area contributed by atoms with Gasteiger partial charge in [-0.3, -0.25) is 14.4 Å². The highest BCUT2D eigenvalue weighted by Crippen LogP contribution is 2.32. The van der Waals surface area contributed by atoms with E-state index in [0.717, 1.165) is 11.1 Å². The molecular formula is C30H25ClN4O4S2. The minimum Gasteiger partial charge on any atom is -0.497 e. The molecule has 1 aromatic heterocycles. The van der Waals surface area contributed by atoms with E-state index in [1.54, 1.807) is 79.9 Å². The molecule has 208 valence electrons. The average Bonchev–Trinajstić information content (AvgIpc) is 3.45. The number of para-hydroxylation sites is 1. The predicted octanol–water partition coefficient (Wildman–Crippen LogP) is 6.82. The maximum absolute atomic E-state index is 14.0. The van der Waals surface area contributed by atoms with Gasteiger partial charge in [0.2, 0.25) is 5.13 Å². The van der Waals surface area contributed by atoms with Gasteiger partial charge < -0.3 is 4.74 Å². The highest BCUT2D eigenvalue weighted by molar-refractivity contribution is 7.92. The second-order valence-corrected chi connectivity index (χ2v) is 12.3. The van der Waals surface area contributed by atoms with Crippen LogP contribution >= 0.6 is 22.9 Å². The van der Waals surface area contributed by atoms with E-state index >= 15 is 0 Å². The van der Waals surface area contributed by atoms with Gasteiger partial charge in [-0.2, -0.15) is 0 Å². The number of aromatic nitrogens is 2. The lowest BCUT2D eigenvalue weighted by Crippen LogP contribution is -2.32. The van der Waals surface area contributed by atoms with Gasteiger partial charge >= 0.3 is 0 Å². The highest BCUT2D eigenvalue weighted by Gasteiger charge is 2.29. The molecule has 4 aromatic carbocycles. The summed E-state index contributed by atoms with van der Waals surface area (Å²) in [5, 5.41) is 12.5. The van der Waals surface area contributed by atoms with Crippen LogP contribution in [0.15, 0.2) is 102 Å². The summed E-state index contributed by atoms with van der Waals surface area (Å²) in [6.07, 6.45) is 0. The lowest BCUT2D eigenvalue weighted by atomic mass is 10.1. The van der Waals surface area contributed by atoms with Crippen molar-refractivity contribution in [3.8, 4) is 16.3 Å². The van der Waals surface area contributed by atoms with Crippen molar-refractivity contribution in [1.29, 1.82) is 0 Å². The molecule has 0 aliphatic carbocycles. The summed E-state index contributed by atoms with van der Waals surface area (Å²) >= 11 is 7.27. The van der Waals surface area contributed by atoms with Crippen molar-refractivity contribution < 1.29 is 17.9 Å². The van der Waals surface area contributed by atoms with E-state index in [1.165, 1.54) is 15.6 Å². The Morgan fingerprint density at radius 3 is 2.29 bits per heavy atom. The van der Waals surface area contributed by atoms with Gasteiger partial charge in [-0.15, -0.1) is 10.2 Å². The molecule has 0 radical (unpaired) electrons. The summed E-state index contributed by atoms with van der Waals surface area (Å²) < 4.78 is 34.4. The molecule has 0 saturated carbocycles. The summed E-state index contributed by atoms with van der Waals surface area (Å²) in [5.74, 6) is 0.199. The lowest BCUT2D eigenvalue weighted by Gasteiger charge is -2.26. The predicted molar refractivity (Wildman–Crippen MR) is 162 cm³/mol. The normalized spacial score (nSPS) is 11.2. The third-order valence-corrected chi connectivity index (χ3v) is 9.16. The van der Waals surface area contributed by atoms with Crippen molar-refractivity contribution in [3.63, 3.8) is 0 Å². The Bertz CT molecular complexity index is 1770. The first-order valence-electron chi connectivity index (χ1n) is 12.5. The fourth-order valence-electron chi connectivity index (χ4n) is 4.06. The molecule has 0 spiro atoms. The van der Waals surface area contributed by atoms with E-state index in [2.05, 4.69) is 15.5 Å². The number of sulfonamides is 1. The van der Waals surface area contributed by atoms with Crippen molar-refractivity contribution in [1.82, 2.24) is 10.2 Å². The number of ether oxygens (including phenoxy) is 1. The first kappa shape index (κ1) is 28.3. The highest BCUT2D eigenvalue weighted by atomic mass is 35.5. The van der Waals surface area contributed by atoms with E-state index < -0.39 is 15.9 Å². The monoisotopic (exact) mass is 604 g/mol. The standard InChI is InChI=1S/C30H25ClN4O4S2/c1-20-7-17-25(18-8-20)41(37,38)35(19-21-9-13-23(31)14-10-21)27-6-4-3-5-26(27)28(36)32-30-34-33-29(40-30)22-11-15-24(39-2)16-12-22/h3-18H,19H2,1-2H3,(H,32,34,36). The van der Waals surface area contributed by atoms with Crippen LogP contribution in [0.3, 0.4) is 0 Å². The van der Waals surface area contributed by atoms with Crippen LogP contribution in [0.1, 0.15) is 21.5 Å². The van der Waals surface area contributed by atoms with Gasteiger partial charge in [0.05, 0.1) is 29.8 Å². The summed E-state index contributed by atoms with van der Waals surface area (Å²) in [5.41, 5.74) is 2.84. The van der Waals surface area contributed by atoms with Gasteiger partial charge in [-0.1, -0.05) is 64.9 Å². The topological polar surface area (TPSA) is 101 Å². The molecular weight excluding hydrogens is 580 g/mol. The molecule has 0 atom stereocenters. The lowest BCUT2D eigenvalue weighted by molar-refractivity contribution is 0.102. The van der Waals surface area contributed by atoms with Crippen molar-refractivity contribution in [2.45, 2.75) is 18.4 Å². The maximum atomic E-state index is 14.0. The van der Waals surface area contributed by atoms with Crippen LogP contribution in [0.2, 0.25) is 5.02 Å². The number of benzene rings is 4. The molecule has 8 nitrogen and oxygen atoms in total. The number of amides is 1. The molecule has 0 bridgehead atoms. The van der Waals surface area contributed by atoms with Gasteiger partial charge in [0.15, 0.2) is 0 Å². The number of methoxy groups -OCH3 is 1. The molecule has 5 rings (SSSR count). The number of halogens is 1. The van der Waals surface area contributed by atoms with Gasteiger partial charge in [0, 0.05) is 10.6 Å². The molecule has 11 heteroatoms. The molecule has 0 aliphatic rings. The smallest absolute Gasteiger partial charge is 0.264 e. The number of hydrogen-bond acceptors (Lipinski definition) is 7.